The van der Waals surface area contributed by atoms with E-state index in [1.807, 2.05) is 13.8 Å². The molecule has 0 aromatic rings. The fraction of sp³-hybridized carbons (Fsp3) is 0.909. The highest BCUT2D eigenvalue weighted by Gasteiger charge is 2.20. The van der Waals surface area contributed by atoms with Gasteiger partial charge in [-0.2, -0.15) is 5.26 Å². The normalized spacial score (nSPS) is 14.8. The van der Waals surface area contributed by atoms with Gasteiger partial charge < -0.3 is 4.74 Å². The number of unbranched alkanes of at least 4 members (excludes halogenated alkanes) is 1. The fourth-order valence-corrected chi connectivity index (χ4v) is 1.43. The van der Waals surface area contributed by atoms with Gasteiger partial charge in [-0.25, -0.2) is 8.78 Å². The Bertz CT molecular complexity index is 219. The first-order valence-corrected chi connectivity index (χ1v) is 5.56. The van der Waals surface area contributed by atoms with Gasteiger partial charge in [0.2, 0.25) is 0 Å². The molecule has 0 spiro atoms. The number of alkyl halides is 2. The summed E-state index contributed by atoms with van der Waals surface area (Å²) < 4.78 is 28.2. The van der Waals surface area contributed by atoms with E-state index in [-0.39, 0.29) is 0 Å². The van der Waals surface area contributed by atoms with Gasteiger partial charge in [0.05, 0.1) is 6.07 Å². The highest BCUT2D eigenvalue weighted by Crippen LogP contribution is 2.12. The lowest BCUT2D eigenvalue weighted by Gasteiger charge is -2.22. The van der Waals surface area contributed by atoms with Gasteiger partial charge in [-0.1, -0.05) is 6.92 Å². The fourth-order valence-electron chi connectivity index (χ4n) is 1.43. The second-order valence-corrected chi connectivity index (χ2v) is 3.90. The van der Waals surface area contributed by atoms with Gasteiger partial charge in [0, 0.05) is 6.61 Å². The standard InChI is InChI=1S/C11H20F2N2O/c1-3-15-11(2,9-14)6-4-5-7-16-8-10(12)13/h10,15H,3-8H2,1-2H3. The predicted molar refractivity (Wildman–Crippen MR) is 58.4 cm³/mol. The molecule has 0 fully saturated rings. The highest BCUT2D eigenvalue weighted by atomic mass is 19.3. The molecule has 3 nitrogen and oxygen atoms in total. The summed E-state index contributed by atoms with van der Waals surface area (Å²) >= 11 is 0. The van der Waals surface area contributed by atoms with E-state index in [1.165, 1.54) is 0 Å². The highest BCUT2D eigenvalue weighted by molar-refractivity contribution is 5.03. The van der Waals surface area contributed by atoms with Crippen LogP contribution in [0.4, 0.5) is 8.78 Å². The average molecular weight is 234 g/mol. The molecule has 0 saturated carbocycles. The molecule has 0 aromatic carbocycles. The molecule has 0 aromatic heterocycles. The average Bonchev–Trinajstić information content (AvgIpc) is 2.23. The minimum Gasteiger partial charge on any atom is -0.376 e. The second kappa shape index (κ2) is 8.43. The van der Waals surface area contributed by atoms with Gasteiger partial charge in [0.15, 0.2) is 0 Å². The van der Waals surface area contributed by atoms with Gasteiger partial charge in [0.1, 0.15) is 12.1 Å². The molecular weight excluding hydrogens is 214 g/mol. The molecule has 0 aliphatic heterocycles. The van der Waals surface area contributed by atoms with Crippen molar-refractivity contribution in [3.05, 3.63) is 0 Å². The van der Waals surface area contributed by atoms with Crippen molar-refractivity contribution in [2.45, 2.75) is 45.1 Å². The van der Waals surface area contributed by atoms with E-state index in [0.29, 0.717) is 19.4 Å². The van der Waals surface area contributed by atoms with Gasteiger partial charge in [0.25, 0.3) is 6.43 Å². The molecule has 0 bridgehead atoms. The summed E-state index contributed by atoms with van der Waals surface area (Å²) in [6, 6.07) is 2.22. The molecule has 0 saturated heterocycles. The summed E-state index contributed by atoms with van der Waals surface area (Å²) in [4.78, 5) is 0. The Balaban J connectivity index is 3.53. The summed E-state index contributed by atoms with van der Waals surface area (Å²) in [7, 11) is 0. The van der Waals surface area contributed by atoms with Gasteiger partial charge in [-0.3, -0.25) is 5.32 Å². The van der Waals surface area contributed by atoms with Crippen LogP contribution >= 0.6 is 0 Å². The van der Waals surface area contributed by atoms with Gasteiger partial charge >= 0.3 is 0 Å². The maximum absolute atomic E-state index is 11.7. The van der Waals surface area contributed by atoms with Crippen LogP contribution < -0.4 is 5.32 Å². The third-order valence-corrected chi connectivity index (χ3v) is 2.27. The molecular formula is C11H20F2N2O. The summed E-state index contributed by atoms with van der Waals surface area (Å²) in [6.07, 6.45) is -0.198. The van der Waals surface area contributed by atoms with Crippen molar-refractivity contribution in [1.29, 1.82) is 5.26 Å². The molecule has 0 rings (SSSR count). The van der Waals surface area contributed by atoms with E-state index < -0.39 is 18.6 Å². The molecule has 1 N–H and O–H groups in total. The molecule has 94 valence electrons. The Morgan fingerprint density at radius 1 is 1.44 bits per heavy atom. The Hall–Kier alpha value is -0.730. The smallest absolute Gasteiger partial charge is 0.261 e. The molecule has 0 aliphatic carbocycles. The summed E-state index contributed by atoms with van der Waals surface area (Å²) in [5.41, 5.74) is -0.516. The van der Waals surface area contributed by atoms with E-state index in [0.717, 1.165) is 13.0 Å². The molecule has 0 radical (unpaired) electrons. The zero-order chi connectivity index (χ0) is 12.4. The molecule has 16 heavy (non-hydrogen) atoms. The van der Waals surface area contributed by atoms with Crippen molar-refractivity contribution in [2.75, 3.05) is 19.8 Å². The van der Waals surface area contributed by atoms with Crippen molar-refractivity contribution in [3.8, 4) is 6.07 Å². The van der Waals surface area contributed by atoms with E-state index >= 15 is 0 Å². The molecule has 5 heteroatoms. The first-order chi connectivity index (χ1) is 7.54. The summed E-state index contributed by atoms with van der Waals surface area (Å²) in [6.45, 7) is 4.37. The van der Waals surface area contributed by atoms with Crippen molar-refractivity contribution in [2.24, 2.45) is 0 Å². The first-order valence-electron chi connectivity index (χ1n) is 5.56. The second-order valence-electron chi connectivity index (χ2n) is 3.90. The number of nitriles is 1. The number of nitrogens with zero attached hydrogens (tertiary/aromatic N) is 1. The van der Waals surface area contributed by atoms with Crippen LogP contribution in [0.15, 0.2) is 0 Å². The molecule has 0 aliphatic rings. The van der Waals surface area contributed by atoms with Gasteiger partial charge in [-0.15, -0.1) is 0 Å². The van der Waals surface area contributed by atoms with Crippen molar-refractivity contribution in [1.82, 2.24) is 5.32 Å². The maximum atomic E-state index is 11.7. The minimum absolute atomic E-state index is 0.331. The minimum atomic E-state index is -2.40. The Labute approximate surface area is 95.8 Å². The monoisotopic (exact) mass is 234 g/mol. The van der Waals surface area contributed by atoms with E-state index in [1.54, 1.807) is 0 Å². The number of rotatable bonds is 9. The number of halogens is 2. The number of nitrogens with one attached hydrogen (secondary N) is 1. The van der Waals surface area contributed by atoms with Crippen LogP contribution in [0.1, 0.15) is 33.1 Å². The summed E-state index contributed by atoms with van der Waals surface area (Å²) in [5, 5.41) is 12.0. The van der Waals surface area contributed by atoms with Crippen LogP contribution in [-0.4, -0.2) is 31.7 Å². The van der Waals surface area contributed by atoms with Gasteiger partial charge in [-0.05, 0) is 32.7 Å². The van der Waals surface area contributed by atoms with Crippen LogP contribution in [0, 0.1) is 11.3 Å². The van der Waals surface area contributed by atoms with E-state index in [4.69, 9.17) is 10.00 Å². The van der Waals surface area contributed by atoms with E-state index in [2.05, 4.69) is 11.4 Å². The first kappa shape index (κ1) is 15.3. The Morgan fingerprint density at radius 2 is 2.12 bits per heavy atom. The molecule has 0 heterocycles. The number of hydrogen-bond donors (Lipinski definition) is 1. The largest absolute Gasteiger partial charge is 0.376 e. The third-order valence-electron chi connectivity index (χ3n) is 2.27. The van der Waals surface area contributed by atoms with Crippen molar-refractivity contribution < 1.29 is 13.5 Å². The quantitative estimate of drug-likeness (QED) is 0.623. The van der Waals surface area contributed by atoms with E-state index in [9.17, 15) is 8.78 Å². The predicted octanol–water partition coefficient (Wildman–Crippen LogP) is 2.33. The zero-order valence-electron chi connectivity index (χ0n) is 9.93. The zero-order valence-corrected chi connectivity index (χ0v) is 9.93. The Kier molecular flexibility index (Phi) is 8.04. The van der Waals surface area contributed by atoms with Crippen LogP contribution in [0.5, 0.6) is 0 Å². The van der Waals surface area contributed by atoms with Crippen LogP contribution in [-0.2, 0) is 4.74 Å². The number of hydrogen-bond acceptors (Lipinski definition) is 3. The van der Waals surface area contributed by atoms with Crippen LogP contribution in [0.2, 0.25) is 0 Å². The number of ether oxygens (including phenoxy) is 1. The lowest BCUT2D eigenvalue weighted by molar-refractivity contribution is 0.0159. The van der Waals surface area contributed by atoms with Crippen molar-refractivity contribution >= 4 is 0 Å². The molecule has 0 amide bonds. The lowest BCUT2D eigenvalue weighted by atomic mass is 9.97. The lowest BCUT2D eigenvalue weighted by Crippen LogP contribution is -2.40. The maximum Gasteiger partial charge on any atom is 0.261 e. The molecule has 1 atom stereocenters. The topological polar surface area (TPSA) is 45.0 Å². The van der Waals surface area contributed by atoms with Crippen molar-refractivity contribution in [3.63, 3.8) is 0 Å². The van der Waals surface area contributed by atoms with Crippen LogP contribution in [0.3, 0.4) is 0 Å². The van der Waals surface area contributed by atoms with Crippen LogP contribution in [0.25, 0.3) is 0 Å². The SMILES string of the molecule is CCNC(C)(C#N)CCCCOCC(F)F. The molecule has 1 unspecified atom stereocenters. The third kappa shape index (κ3) is 7.55. The summed E-state index contributed by atoms with van der Waals surface area (Å²) in [5.74, 6) is 0. The Morgan fingerprint density at radius 3 is 2.62 bits per heavy atom.